The van der Waals surface area contributed by atoms with Gasteiger partial charge in [0.15, 0.2) is 5.16 Å². The molecule has 0 bridgehead atoms. The van der Waals surface area contributed by atoms with E-state index in [4.69, 9.17) is 4.74 Å². The summed E-state index contributed by atoms with van der Waals surface area (Å²) in [7, 11) is 3.61. The highest BCUT2D eigenvalue weighted by atomic mass is 32.2. The molecule has 0 spiro atoms. The summed E-state index contributed by atoms with van der Waals surface area (Å²) >= 11 is 1.33. The summed E-state index contributed by atoms with van der Waals surface area (Å²) in [4.78, 5) is 16.7. The maximum Gasteiger partial charge on any atom is 0.416 e. The Bertz CT molecular complexity index is 1500. The number of thioether (sulfide) groups is 1. The molecule has 0 fully saturated rings. The number of aromatic nitrogens is 4. The Balaban J connectivity index is 1.47. The van der Waals surface area contributed by atoms with Gasteiger partial charge in [0.05, 0.1) is 17.3 Å². The molecule has 184 valence electrons. The van der Waals surface area contributed by atoms with Crippen molar-refractivity contribution in [1.82, 2.24) is 19.3 Å². The topological polar surface area (TPSA) is 85.7 Å². The third-order valence-electron chi connectivity index (χ3n) is 5.20. The van der Waals surface area contributed by atoms with Crippen LogP contribution in [0, 0.1) is 11.3 Å². The minimum Gasteiger partial charge on any atom is -0.456 e. The van der Waals surface area contributed by atoms with Crippen LogP contribution in [0.15, 0.2) is 71.0 Å². The van der Waals surface area contributed by atoms with Gasteiger partial charge < -0.3 is 9.30 Å². The summed E-state index contributed by atoms with van der Waals surface area (Å²) < 4.78 is 47.9. The van der Waals surface area contributed by atoms with Gasteiger partial charge in [0.2, 0.25) is 0 Å². The number of hydrogen-bond acceptors (Lipinski definition) is 6. The number of halogens is 3. The first-order valence-electron chi connectivity index (χ1n) is 10.7. The first-order valence-corrected chi connectivity index (χ1v) is 11.7. The first kappa shape index (κ1) is 25.1. The standard InChI is InChI=1S/C25H20F3N5O2S/c1-32-14-19(9-17-12-30-33(2)13-17)23(34)31-24(32)36-15-16-6-7-22(18(8-16)11-29)35-21-5-3-4-20(10-21)25(26,27)28/h3-8,10,12-14H,9,15H2,1-2H3. The van der Waals surface area contributed by atoms with E-state index in [2.05, 4.69) is 10.1 Å². The van der Waals surface area contributed by atoms with E-state index < -0.39 is 11.7 Å². The summed E-state index contributed by atoms with van der Waals surface area (Å²) in [5.41, 5.74) is 1.25. The number of nitrogens with zero attached hydrogens (tertiary/aromatic N) is 5. The minimum atomic E-state index is -4.50. The van der Waals surface area contributed by atoms with E-state index in [0.29, 0.717) is 22.9 Å². The molecule has 11 heteroatoms. The molecule has 0 aliphatic carbocycles. The van der Waals surface area contributed by atoms with Gasteiger partial charge in [-0.15, -0.1) is 0 Å². The molecule has 0 atom stereocenters. The third kappa shape index (κ3) is 5.95. The largest absolute Gasteiger partial charge is 0.456 e. The van der Waals surface area contributed by atoms with Crippen molar-refractivity contribution in [2.24, 2.45) is 14.1 Å². The lowest BCUT2D eigenvalue weighted by molar-refractivity contribution is -0.137. The Morgan fingerprint density at radius 2 is 1.92 bits per heavy atom. The molecule has 4 rings (SSSR count). The Morgan fingerprint density at radius 3 is 2.61 bits per heavy atom. The van der Waals surface area contributed by atoms with E-state index in [-0.39, 0.29) is 22.6 Å². The van der Waals surface area contributed by atoms with Crippen LogP contribution in [-0.2, 0) is 32.4 Å². The van der Waals surface area contributed by atoms with E-state index >= 15 is 0 Å². The second-order valence-electron chi connectivity index (χ2n) is 8.02. The summed E-state index contributed by atoms with van der Waals surface area (Å²) in [6.07, 6.45) is 1.23. The number of hydrogen-bond donors (Lipinski definition) is 0. The summed E-state index contributed by atoms with van der Waals surface area (Å²) in [6.45, 7) is 0. The average molecular weight is 512 g/mol. The fourth-order valence-corrected chi connectivity index (χ4v) is 4.35. The first-order chi connectivity index (χ1) is 17.1. The van der Waals surface area contributed by atoms with E-state index in [1.807, 2.05) is 12.3 Å². The Labute approximate surface area is 208 Å². The van der Waals surface area contributed by atoms with Crippen LogP contribution in [0.3, 0.4) is 0 Å². The Kier molecular flexibility index (Phi) is 7.17. The lowest BCUT2D eigenvalue weighted by atomic mass is 10.1. The smallest absolute Gasteiger partial charge is 0.416 e. The van der Waals surface area contributed by atoms with Gasteiger partial charge in [-0.2, -0.15) is 28.5 Å². The molecule has 2 aromatic heterocycles. The van der Waals surface area contributed by atoms with Crippen LogP contribution in [0.1, 0.15) is 27.8 Å². The second kappa shape index (κ2) is 10.3. The fraction of sp³-hybridized carbons (Fsp3) is 0.200. The SMILES string of the molecule is Cn1cc(Cc2cn(C)c(SCc3ccc(Oc4cccc(C(F)(F)F)c4)c(C#N)c3)nc2=O)cn1. The highest BCUT2D eigenvalue weighted by Gasteiger charge is 2.30. The molecule has 0 radical (unpaired) electrons. The summed E-state index contributed by atoms with van der Waals surface area (Å²) in [5.74, 6) is 0.547. The Morgan fingerprint density at radius 1 is 1.11 bits per heavy atom. The van der Waals surface area contributed by atoms with Crippen molar-refractivity contribution < 1.29 is 17.9 Å². The fourth-order valence-electron chi connectivity index (χ4n) is 3.47. The molecule has 0 saturated carbocycles. The molecule has 2 heterocycles. The van der Waals surface area contributed by atoms with Crippen molar-refractivity contribution in [1.29, 1.82) is 5.26 Å². The van der Waals surface area contributed by atoms with E-state index in [1.54, 1.807) is 47.9 Å². The van der Waals surface area contributed by atoms with E-state index in [0.717, 1.165) is 23.3 Å². The number of ether oxygens (including phenoxy) is 1. The van der Waals surface area contributed by atoms with Crippen LogP contribution in [0.2, 0.25) is 0 Å². The molecule has 7 nitrogen and oxygen atoms in total. The molecule has 0 saturated heterocycles. The number of alkyl halides is 3. The zero-order chi connectivity index (χ0) is 25.9. The van der Waals surface area contributed by atoms with Crippen LogP contribution in [-0.4, -0.2) is 19.3 Å². The summed E-state index contributed by atoms with van der Waals surface area (Å²) in [5, 5.41) is 14.2. The molecular formula is C25H20F3N5O2S. The highest BCUT2D eigenvalue weighted by molar-refractivity contribution is 7.98. The van der Waals surface area contributed by atoms with Gasteiger partial charge in [-0.3, -0.25) is 9.48 Å². The Hall–Kier alpha value is -4.04. The van der Waals surface area contributed by atoms with E-state index in [9.17, 15) is 23.2 Å². The van der Waals surface area contributed by atoms with Crippen LogP contribution >= 0.6 is 11.8 Å². The van der Waals surface area contributed by atoms with Crippen molar-refractivity contribution in [2.75, 3.05) is 0 Å². The zero-order valence-corrected chi connectivity index (χ0v) is 20.1. The number of aryl methyl sites for hydroxylation is 2. The maximum absolute atomic E-state index is 13.0. The van der Waals surface area contributed by atoms with Gasteiger partial charge in [-0.05, 0) is 41.5 Å². The van der Waals surface area contributed by atoms with Crippen molar-refractivity contribution in [2.45, 2.75) is 23.5 Å². The number of nitriles is 1. The van der Waals surface area contributed by atoms with Crippen LogP contribution < -0.4 is 10.3 Å². The second-order valence-corrected chi connectivity index (χ2v) is 8.96. The lowest BCUT2D eigenvalue weighted by Crippen LogP contribution is -2.18. The van der Waals surface area contributed by atoms with Gasteiger partial charge in [-0.1, -0.05) is 23.9 Å². The van der Waals surface area contributed by atoms with Crippen LogP contribution in [0.5, 0.6) is 11.5 Å². The van der Waals surface area contributed by atoms with Gasteiger partial charge in [0.1, 0.15) is 17.6 Å². The number of rotatable bonds is 7. The van der Waals surface area contributed by atoms with Crippen LogP contribution in [0.25, 0.3) is 0 Å². The molecule has 2 aromatic carbocycles. The molecule has 0 aliphatic rings. The van der Waals surface area contributed by atoms with Gasteiger partial charge in [0, 0.05) is 44.2 Å². The summed E-state index contributed by atoms with van der Waals surface area (Å²) in [6, 6.07) is 11.3. The maximum atomic E-state index is 13.0. The number of benzene rings is 2. The third-order valence-corrected chi connectivity index (χ3v) is 6.31. The van der Waals surface area contributed by atoms with Gasteiger partial charge >= 0.3 is 6.18 Å². The van der Waals surface area contributed by atoms with Crippen molar-refractivity contribution in [3.8, 4) is 17.6 Å². The zero-order valence-electron chi connectivity index (χ0n) is 19.3. The minimum absolute atomic E-state index is 0.0194. The van der Waals surface area contributed by atoms with Crippen molar-refractivity contribution >= 4 is 11.8 Å². The van der Waals surface area contributed by atoms with Crippen molar-refractivity contribution in [3.05, 3.63) is 99.2 Å². The monoisotopic (exact) mass is 511 g/mol. The normalized spacial score (nSPS) is 11.3. The molecule has 0 amide bonds. The van der Waals surface area contributed by atoms with Crippen LogP contribution in [0.4, 0.5) is 13.2 Å². The van der Waals surface area contributed by atoms with E-state index in [1.165, 1.54) is 30.0 Å². The molecule has 4 aromatic rings. The predicted molar refractivity (Wildman–Crippen MR) is 128 cm³/mol. The van der Waals surface area contributed by atoms with Gasteiger partial charge in [0.25, 0.3) is 5.56 Å². The molecule has 36 heavy (non-hydrogen) atoms. The molecule has 0 N–H and O–H groups in total. The lowest BCUT2D eigenvalue weighted by Gasteiger charge is -2.12. The molecule has 0 unspecified atom stereocenters. The highest BCUT2D eigenvalue weighted by Crippen LogP contribution is 2.34. The predicted octanol–water partition coefficient (Wildman–Crippen LogP) is 5.08. The van der Waals surface area contributed by atoms with Gasteiger partial charge in [-0.25, -0.2) is 0 Å². The average Bonchev–Trinajstić information content (AvgIpc) is 3.25. The molecule has 0 aliphatic heterocycles. The molecular weight excluding hydrogens is 491 g/mol. The van der Waals surface area contributed by atoms with Crippen molar-refractivity contribution in [3.63, 3.8) is 0 Å². The quantitative estimate of drug-likeness (QED) is 0.254.